The van der Waals surface area contributed by atoms with Gasteiger partial charge in [-0.3, -0.25) is 9.59 Å². The van der Waals surface area contributed by atoms with Crippen molar-refractivity contribution < 1.29 is 24.2 Å². The monoisotopic (exact) mass is 478 g/mol. The standard InChI is InChI=1S/C28H34N2O5/c1-3-4-14-24(25(31)30-16-9-15-28(2,18-30)26(32)33)29-27(34)35-17-23-21-12-7-5-10-19(21)20-11-6-8-13-22(20)23/h5-8,10-13,23-24H,3-4,9,14-18H2,1-2H3,(H,29,34)(H,32,33)/t24-,28?/m0/s1. The molecule has 0 saturated carbocycles. The molecule has 2 amide bonds. The number of rotatable bonds is 8. The number of carboxylic acids is 1. The average Bonchev–Trinajstić information content (AvgIpc) is 3.18. The van der Waals surface area contributed by atoms with E-state index in [0.717, 1.165) is 35.1 Å². The van der Waals surface area contributed by atoms with Gasteiger partial charge in [0, 0.05) is 19.0 Å². The Morgan fingerprint density at radius 1 is 1.11 bits per heavy atom. The zero-order valence-corrected chi connectivity index (χ0v) is 20.5. The quantitative estimate of drug-likeness (QED) is 0.568. The van der Waals surface area contributed by atoms with Crippen LogP contribution < -0.4 is 5.32 Å². The smallest absolute Gasteiger partial charge is 0.407 e. The van der Waals surface area contributed by atoms with Gasteiger partial charge in [0.25, 0.3) is 0 Å². The molecule has 186 valence electrons. The van der Waals surface area contributed by atoms with E-state index in [2.05, 4.69) is 29.6 Å². The van der Waals surface area contributed by atoms with Crippen LogP contribution in [0, 0.1) is 5.41 Å². The topological polar surface area (TPSA) is 95.9 Å². The van der Waals surface area contributed by atoms with E-state index >= 15 is 0 Å². The number of fused-ring (bicyclic) bond motifs is 3. The molecule has 1 saturated heterocycles. The molecule has 2 aliphatic rings. The Bertz CT molecular complexity index is 1050. The van der Waals surface area contributed by atoms with Crippen molar-refractivity contribution >= 4 is 18.0 Å². The SMILES string of the molecule is CCCC[C@H](NC(=O)OCC1c2ccccc2-c2ccccc21)C(=O)N1CCCC(C)(C(=O)O)C1. The highest BCUT2D eigenvalue weighted by molar-refractivity contribution is 5.87. The molecule has 2 aromatic rings. The zero-order valence-electron chi connectivity index (χ0n) is 20.5. The number of hydrogen-bond donors (Lipinski definition) is 2. The summed E-state index contributed by atoms with van der Waals surface area (Å²) in [5.41, 5.74) is 3.59. The lowest BCUT2D eigenvalue weighted by molar-refractivity contribution is -0.154. The van der Waals surface area contributed by atoms with Gasteiger partial charge in [-0.1, -0.05) is 68.3 Å². The van der Waals surface area contributed by atoms with Crippen molar-refractivity contribution in [2.24, 2.45) is 5.41 Å². The molecule has 7 heteroatoms. The van der Waals surface area contributed by atoms with Gasteiger partial charge in [0.2, 0.25) is 5.91 Å². The predicted octanol–water partition coefficient (Wildman–Crippen LogP) is 4.80. The first kappa shape index (κ1) is 24.8. The molecule has 4 rings (SSSR count). The number of nitrogens with one attached hydrogen (secondary N) is 1. The van der Waals surface area contributed by atoms with Crippen LogP contribution in [0.15, 0.2) is 48.5 Å². The number of carboxylic acid groups (broad SMARTS) is 1. The lowest BCUT2D eigenvalue weighted by Gasteiger charge is -2.39. The lowest BCUT2D eigenvalue weighted by Crippen LogP contribution is -2.54. The third kappa shape index (κ3) is 5.19. The van der Waals surface area contributed by atoms with Gasteiger partial charge in [-0.2, -0.15) is 0 Å². The Hall–Kier alpha value is -3.35. The number of unbranched alkanes of at least 4 members (excludes halogenated alkanes) is 1. The van der Waals surface area contributed by atoms with Crippen LogP contribution in [0.5, 0.6) is 0 Å². The van der Waals surface area contributed by atoms with Gasteiger partial charge < -0.3 is 20.1 Å². The second-order valence-electron chi connectivity index (χ2n) is 9.89. The average molecular weight is 479 g/mol. The Kier molecular flexibility index (Phi) is 7.43. The van der Waals surface area contributed by atoms with Crippen molar-refractivity contribution in [3.8, 4) is 11.1 Å². The molecular weight excluding hydrogens is 444 g/mol. The first-order valence-electron chi connectivity index (χ1n) is 12.5. The summed E-state index contributed by atoms with van der Waals surface area (Å²) in [7, 11) is 0. The number of hydrogen-bond acceptors (Lipinski definition) is 4. The number of ether oxygens (including phenoxy) is 1. The zero-order chi connectivity index (χ0) is 25.0. The summed E-state index contributed by atoms with van der Waals surface area (Å²) in [5, 5.41) is 12.4. The molecule has 2 N–H and O–H groups in total. The molecule has 2 atom stereocenters. The maximum atomic E-state index is 13.3. The molecule has 7 nitrogen and oxygen atoms in total. The van der Waals surface area contributed by atoms with E-state index < -0.39 is 23.5 Å². The van der Waals surface area contributed by atoms with Crippen molar-refractivity contribution in [2.75, 3.05) is 19.7 Å². The fourth-order valence-corrected chi connectivity index (χ4v) is 5.27. The van der Waals surface area contributed by atoms with Gasteiger partial charge in [-0.15, -0.1) is 0 Å². The second-order valence-corrected chi connectivity index (χ2v) is 9.89. The van der Waals surface area contributed by atoms with Crippen molar-refractivity contribution in [3.63, 3.8) is 0 Å². The summed E-state index contributed by atoms with van der Waals surface area (Å²) in [4.78, 5) is 39.4. The van der Waals surface area contributed by atoms with Crippen LogP contribution in [0.2, 0.25) is 0 Å². The van der Waals surface area contributed by atoms with Crippen LogP contribution in [0.4, 0.5) is 4.79 Å². The number of benzene rings is 2. The van der Waals surface area contributed by atoms with Crippen molar-refractivity contribution in [2.45, 2.75) is 57.9 Å². The van der Waals surface area contributed by atoms with E-state index in [0.29, 0.717) is 25.8 Å². The first-order chi connectivity index (χ1) is 16.8. The van der Waals surface area contributed by atoms with Gasteiger partial charge in [0.05, 0.1) is 5.41 Å². The fraction of sp³-hybridized carbons (Fsp3) is 0.464. The van der Waals surface area contributed by atoms with Gasteiger partial charge in [-0.25, -0.2) is 4.79 Å². The van der Waals surface area contributed by atoms with E-state index in [1.165, 1.54) is 0 Å². The molecule has 0 radical (unpaired) electrons. The molecule has 1 fully saturated rings. The maximum Gasteiger partial charge on any atom is 0.407 e. The van der Waals surface area contributed by atoms with E-state index in [9.17, 15) is 19.5 Å². The summed E-state index contributed by atoms with van der Waals surface area (Å²) in [5.74, 6) is -1.19. The lowest BCUT2D eigenvalue weighted by atomic mass is 9.82. The van der Waals surface area contributed by atoms with Crippen LogP contribution in [-0.4, -0.2) is 53.7 Å². The number of carbonyl (C=O) groups excluding carboxylic acids is 2. The number of amides is 2. The van der Waals surface area contributed by atoms with Gasteiger partial charge in [0.1, 0.15) is 12.6 Å². The third-order valence-corrected chi connectivity index (χ3v) is 7.30. The summed E-state index contributed by atoms with van der Waals surface area (Å²) in [6.45, 7) is 4.52. The molecule has 1 unspecified atom stereocenters. The Morgan fingerprint density at radius 3 is 2.34 bits per heavy atom. The van der Waals surface area contributed by atoms with E-state index in [-0.39, 0.29) is 25.0 Å². The van der Waals surface area contributed by atoms with Crippen LogP contribution in [0.25, 0.3) is 11.1 Å². The van der Waals surface area contributed by atoms with Crippen LogP contribution >= 0.6 is 0 Å². The summed E-state index contributed by atoms with van der Waals surface area (Å²) in [6, 6.07) is 15.5. The molecule has 0 spiro atoms. The van der Waals surface area contributed by atoms with Gasteiger partial charge >= 0.3 is 12.1 Å². The molecule has 1 aliphatic carbocycles. The van der Waals surface area contributed by atoms with E-state index in [4.69, 9.17) is 4.74 Å². The number of nitrogens with zero attached hydrogens (tertiary/aromatic N) is 1. The van der Waals surface area contributed by atoms with Crippen LogP contribution in [0.3, 0.4) is 0 Å². The minimum atomic E-state index is -0.965. The highest BCUT2D eigenvalue weighted by Gasteiger charge is 2.41. The minimum Gasteiger partial charge on any atom is -0.481 e. The van der Waals surface area contributed by atoms with Crippen molar-refractivity contribution in [1.82, 2.24) is 10.2 Å². The Morgan fingerprint density at radius 2 is 1.74 bits per heavy atom. The molecule has 1 aliphatic heterocycles. The first-order valence-corrected chi connectivity index (χ1v) is 12.5. The minimum absolute atomic E-state index is 0.0590. The van der Waals surface area contributed by atoms with Crippen LogP contribution in [-0.2, 0) is 14.3 Å². The summed E-state index contributed by atoms with van der Waals surface area (Å²) in [6.07, 6.45) is 2.66. The molecule has 0 bridgehead atoms. The van der Waals surface area contributed by atoms with E-state index in [1.54, 1.807) is 11.8 Å². The summed E-state index contributed by atoms with van der Waals surface area (Å²) < 4.78 is 5.65. The number of carbonyl (C=O) groups is 3. The molecule has 0 aromatic heterocycles. The van der Waals surface area contributed by atoms with Gasteiger partial charge in [0.15, 0.2) is 0 Å². The Labute approximate surface area is 206 Å². The maximum absolute atomic E-state index is 13.3. The third-order valence-electron chi connectivity index (χ3n) is 7.30. The normalized spacial score (nSPS) is 20.0. The molecule has 1 heterocycles. The number of likely N-dealkylation sites (tertiary alicyclic amines) is 1. The van der Waals surface area contributed by atoms with Crippen molar-refractivity contribution in [3.05, 3.63) is 59.7 Å². The highest BCUT2D eigenvalue weighted by atomic mass is 16.5. The predicted molar refractivity (Wildman–Crippen MR) is 133 cm³/mol. The number of alkyl carbamates (subject to hydrolysis) is 1. The number of aliphatic carboxylic acids is 1. The summed E-state index contributed by atoms with van der Waals surface area (Å²) >= 11 is 0. The largest absolute Gasteiger partial charge is 0.481 e. The fourth-order valence-electron chi connectivity index (χ4n) is 5.27. The Balaban J connectivity index is 1.42. The second kappa shape index (κ2) is 10.5. The molecule has 2 aromatic carbocycles. The number of piperidine rings is 1. The highest BCUT2D eigenvalue weighted by Crippen LogP contribution is 2.44. The van der Waals surface area contributed by atoms with E-state index in [1.807, 2.05) is 31.2 Å². The van der Waals surface area contributed by atoms with Crippen LogP contribution in [0.1, 0.15) is 63.0 Å². The molecular formula is C28H34N2O5. The van der Waals surface area contributed by atoms with Crippen molar-refractivity contribution in [1.29, 1.82) is 0 Å². The molecule has 35 heavy (non-hydrogen) atoms. The van der Waals surface area contributed by atoms with Gasteiger partial charge in [-0.05, 0) is 48.4 Å².